The van der Waals surface area contributed by atoms with Gasteiger partial charge < -0.3 is 9.16 Å². The molecule has 0 fully saturated rings. The van der Waals surface area contributed by atoms with Gasteiger partial charge in [-0.1, -0.05) is 58.4 Å². The van der Waals surface area contributed by atoms with E-state index >= 15 is 0 Å². The van der Waals surface area contributed by atoms with Crippen molar-refractivity contribution in [3.63, 3.8) is 0 Å². The Labute approximate surface area is 186 Å². The molecule has 0 aromatic rings. The number of Topliss-reactive ketones (excluding diaryl/α,β-unsaturated/α-hetero) is 1. The number of rotatable bonds is 4. The van der Waals surface area contributed by atoms with E-state index in [4.69, 9.17) is 9.16 Å². The summed E-state index contributed by atoms with van der Waals surface area (Å²) in [7, 11) is -2.08. The van der Waals surface area contributed by atoms with Crippen LogP contribution in [0.2, 0.25) is 18.1 Å². The molecule has 0 amide bonds. The lowest BCUT2D eigenvalue weighted by molar-refractivity contribution is -0.129. The monoisotopic (exact) mass is 432 g/mol. The third-order valence-electron chi connectivity index (χ3n) is 7.65. The number of fused-ring (bicyclic) bond motifs is 2. The van der Waals surface area contributed by atoms with E-state index in [1.807, 2.05) is 6.92 Å². The van der Waals surface area contributed by atoms with Crippen LogP contribution >= 0.6 is 0 Å². The summed E-state index contributed by atoms with van der Waals surface area (Å²) in [6, 6.07) is 0. The molecule has 0 aromatic heterocycles. The van der Waals surface area contributed by atoms with Gasteiger partial charge in [-0.3, -0.25) is 4.79 Å². The van der Waals surface area contributed by atoms with Crippen LogP contribution in [0.5, 0.6) is 0 Å². The van der Waals surface area contributed by atoms with Crippen LogP contribution in [0.3, 0.4) is 0 Å². The molecule has 30 heavy (non-hydrogen) atoms. The van der Waals surface area contributed by atoms with Crippen molar-refractivity contribution in [1.82, 2.24) is 0 Å². The molecule has 0 N–H and O–H groups in total. The molecule has 0 spiro atoms. The van der Waals surface area contributed by atoms with E-state index in [0.29, 0.717) is 6.61 Å². The van der Waals surface area contributed by atoms with Crippen molar-refractivity contribution < 1.29 is 14.0 Å². The molecule has 3 atom stereocenters. The second-order valence-corrected chi connectivity index (χ2v) is 15.7. The molecule has 0 aromatic carbocycles. The Morgan fingerprint density at radius 1 is 1.23 bits per heavy atom. The summed E-state index contributed by atoms with van der Waals surface area (Å²) >= 11 is 0. The van der Waals surface area contributed by atoms with E-state index in [-0.39, 0.29) is 28.3 Å². The van der Waals surface area contributed by atoms with E-state index in [1.54, 1.807) is 0 Å². The topological polar surface area (TPSA) is 35.5 Å². The van der Waals surface area contributed by atoms with Crippen LogP contribution in [-0.4, -0.2) is 26.8 Å². The largest absolute Gasteiger partial charge is 0.498 e. The Morgan fingerprint density at radius 3 is 2.50 bits per heavy atom. The van der Waals surface area contributed by atoms with Crippen LogP contribution in [0.4, 0.5) is 0 Å². The van der Waals surface area contributed by atoms with Crippen LogP contribution < -0.4 is 0 Å². The van der Waals surface area contributed by atoms with E-state index in [2.05, 4.69) is 72.9 Å². The second kappa shape index (κ2) is 9.56. The Bertz CT molecular complexity index is 723. The summed E-state index contributed by atoms with van der Waals surface area (Å²) in [5.74, 6) is 1.33. The van der Waals surface area contributed by atoms with Crippen molar-refractivity contribution >= 4 is 14.1 Å². The molecule has 2 aliphatic carbocycles. The van der Waals surface area contributed by atoms with Crippen LogP contribution in [0.15, 0.2) is 35.1 Å². The first kappa shape index (κ1) is 25.1. The fourth-order valence-electron chi connectivity index (χ4n) is 4.12. The minimum Gasteiger partial charge on any atom is -0.498 e. The van der Waals surface area contributed by atoms with E-state index in [1.165, 1.54) is 5.57 Å². The molecule has 4 heteroatoms. The van der Waals surface area contributed by atoms with E-state index in [9.17, 15) is 4.79 Å². The summed E-state index contributed by atoms with van der Waals surface area (Å²) in [6.07, 6.45) is 11.0. The third kappa shape index (κ3) is 5.37. The van der Waals surface area contributed by atoms with Gasteiger partial charge in [-0.05, 0) is 63.6 Å². The maximum Gasteiger partial charge on any atom is 0.193 e. The molecule has 2 bridgehead atoms. The third-order valence-corrected chi connectivity index (χ3v) is 12.1. The lowest BCUT2D eigenvalue weighted by Gasteiger charge is -2.44. The summed E-state index contributed by atoms with van der Waals surface area (Å²) < 4.78 is 12.9. The molecule has 0 saturated carbocycles. The maximum atomic E-state index is 14.1. The van der Waals surface area contributed by atoms with Crippen molar-refractivity contribution in [3.8, 4) is 0 Å². The Hall–Kier alpha value is -1.13. The highest BCUT2D eigenvalue weighted by Crippen LogP contribution is 2.47. The van der Waals surface area contributed by atoms with Crippen LogP contribution in [0.25, 0.3) is 0 Å². The Balaban J connectivity index is 2.61. The first-order chi connectivity index (χ1) is 13.8. The lowest BCUT2D eigenvalue weighted by Crippen LogP contribution is -2.48. The van der Waals surface area contributed by atoms with Crippen molar-refractivity contribution in [1.29, 1.82) is 0 Å². The van der Waals surface area contributed by atoms with Gasteiger partial charge in [0.1, 0.15) is 5.76 Å². The Morgan fingerprint density at radius 2 is 1.90 bits per heavy atom. The highest BCUT2D eigenvalue weighted by molar-refractivity contribution is 6.74. The lowest BCUT2D eigenvalue weighted by atomic mass is 9.63. The molecule has 2 aliphatic rings. The van der Waals surface area contributed by atoms with Gasteiger partial charge in [0, 0.05) is 11.8 Å². The highest BCUT2D eigenvalue weighted by atomic mass is 28.4. The highest BCUT2D eigenvalue weighted by Gasteiger charge is 2.49. The summed E-state index contributed by atoms with van der Waals surface area (Å²) in [6.45, 7) is 20.4. The minimum absolute atomic E-state index is 0.0744. The smallest absolute Gasteiger partial charge is 0.193 e. The predicted octanol–water partition coefficient (Wildman–Crippen LogP) is 7.36. The van der Waals surface area contributed by atoms with Gasteiger partial charge in [0.2, 0.25) is 0 Å². The minimum atomic E-state index is -2.08. The molecular weight excluding hydrogens is 388 g/mol. The first-order valence-electron chi connectivity index (χ1n) is 11.7. The van der Waals surface area contributed by atoms with Crippen molar-refractivity contribution in [2.24, 2.45) is 11.3 Å². The second-order valence-electron chi connectivity index (χ2n) is 11.0. The molecule has 0 radical (unpaired) electrons. The van der Waals surface area contributed by atoms with Crippen molar-refractivity contribution in [2.45, 2.75) is 105 Å². The van der Waals surface area contributed by atoms with Gasteiger partial charge in [0.25, 0.3) is 0 Å². The van der Waals surface area contributed by atoms with Crippen molar-refractivity contribution in [3.05, 3.63) is 35.1 Å². The van der Waals surface area contributed by atoms with Gasteiger partial charge in [0.15, 0.2) is 14.1 Å². The van der Waals surface area contributed by atoms with Crippen molar-refractivity contribution in [2.75, 3.05) is 6.61 Å². The van der Waals surface area contributed by atoms with Crippen LogP contribution in [0.1, 0.15) is 80.6 Å². The number of ketones is 1. The van der Waals surface area contributed by atoms with Gasteiger partial charge in [-0.2, -0.15) is 0 Å². The average Bonchev–Trinajstić information content (AvgIpc) is 2.62. The number of allylic oxidation sites excluding steroid dienone is 4. The average molecular weight is 433 g/mol. The predicted molar refractivity (Wildman–Crippen MR) is 129 cm³/mol. The number of ether oxygens (including phenoxy) is 1. The summed E-state index contributed by atoms with van der Waals surface area (Å²) in [5.41, 5.74) is 1.79. The zero-order valence-corrected chi connectivity index (χ0v) is 21.9. The SMILES string of the molecule is CCOC1=C2C(=O)[C@](C)(CC/C(C)=C\CC/C=C/C2O[Si](C)(C)C(C)(C)C)[C@H](C)C1. The molecule has 0 aliphatic heterocycles. The quantitative estimate of drug-likeness (QED) is 0.344. The molecule has 170 valence electrons. The molecular formula is C26H44O3Si. The number of carbonyl (C=O) groups excluding carboxylic acids is 1. The Kier molecular flexibility index (Phi) is 8.01. The summed E-state index contributed by atoms with van der Waals surface area (Å²) in [5, 5.41) is 0.0744. The molecule has 0 saturated heterocycles. The first-order valence-corrected chi connectivity index (χ1v) is 14.6. The van der Waals surface area contributed by atoms with E-state index < -0.39 is 8.32 Å². The van der Waals surface area contributed by atoms with E-state index in [0.717, 1.165) is 43.4 Å². The van der Waals surface area contributed by atoms with Gasteiger partial charge in [-0.15, -0.1) is 0 Å². The zero-order valence-electron chi connectivity index (χ0n) is 20.9. The fraction of sp³-hybridized carbons (Fsp3) is 0.731. The van der Waals surface area contributed by atoms with Gasteiger partial charge in [-0.25, -0.2) is 0 Å². The van der Waals surface area contributed by atoms with Crippen LogP contribution in [-0.2, 0) is 14.0 Å². The normalized spacial score (nSPS) is 32.0. The zero-order chi connectivity index (χ0) is 22.7. The summed E-state index contributed by atoms with van der Waals surface area (Å²) in [4.78, 5) is 14.1. The number of carbonyl (C=O) groups is 1. The molecule has 0 heterocycles. The van der Waals surface area contributed by atoms with Crippen LogP contribution in [0, 0.1) is 11.3 Å². The standard InChI is InChI=1S/C26H44O3Si/c1-10-28-22-18-20(3)26(7)17-16-19(2)14-12-11-13-15-21(23(22)24(26)27)29-30(8,9)25(4,5)6/h13-15,20-21H,10-12,16-18H2,1-9H3/b15-13+,19-14-/t20-,21?,26-/m1/s1. The molecule has 1 unspecified atom stereocenters. The number of hydrogen-bond acceptors (Lipinski definition) is 3. The maximum absolute atomic E-state index is 14.1. The molecule has 2 rings (SSSR count). The fourth-order valence-corrected chi connectivity index (χ4v) is 5.31. The van der Waals surface area contributed by atoms with Gasteiger partial charge in [0.05, 0.1) is 18.3 Å². The van der Waals surface area contributed by atoms with Gasteiger partial charge >= 0.3 is 0 Å². The number of hydrogen-bond donors (Lipinski definition) is 0. The molecule has 3 nitrogen and oxygen atoms in total.